The lowest BCUT2D eigenvalue weighted by molar-refractivity contribution is 0.114. The summed E-state index contributed by atoms with van der Waals surface area (Å²) < 4.78 is 15.6. The van der Waals surface area contributed by atoms with E-state index in [1.54, 1.807) is 7.11 Å². The zero-order chi connectivity index (χ0) is 11.2. The summed E-state index contributed by atoms with van der Waals surface area (Å²) in [5.74, 6) is 0.908. The number of hydrogen-bond donors (Lipinski definition) is 0. The van der Waals surface area contributed by atoms with Gasteiger partial charge >= 0.3 is 0 Å². The number of benzene rings is 1. The van der Waals surface area contributed by atoms with Gasteiger partial charge in [0.25, 0.3) is 0 Å². The van der Waals surface area contributed by atoms with Gasteiger partial charge in [-0.3, -0.25) is 0 Å². The van der Waals surface area contributed by atoms with Crippen molar-refractivity contribution in [1.29, 1.82) is 0 Å². The Morgan fingerprint density at radius 1 is 1.31 bits per heavy atom. The normalized spacial score (nSPS) is 18.4. The van der Waals surface area contributed by atoms with Gasteiger partial charge in [-0.15, -0.1) is 0 Å². The average Bonchev–Trinajstić information content (AvgIpc) is 3.13. The molecule has 0 amide bonds. The van der Waals surface area contributed by atoms with Crippen molar-refractivity contribution >= 4 is 0 Å². The van der Waals surface area contributed by atoms with Crippen LogP contribution in [0.25, 0.3) is 0 Å². The molecule has 1 atom stereocenters. The highest BCUT2D eigenvalue weighted by Gasteiger charge is 2.21. The molecule has 1 heterocycles. The highest BCUT2D eigenvalue weighted by molar-refractivity contribution is 5.27. The topological polar surface area (TPSA) is 31.0 Å². The minimum absolute atomic E-state index is 0.376. The van der Waals surface area contributed by atoms with E-state index in [1.165, 1.54) is 5.56 Å². The van der Waals surface area contributed by atoms with Gasteiger partial charge in [-0.1, -0.05) is 12.1 Å². The molecule has 1 aromatic carbocycles. The van der Waals surface area contributed by atoms with E-state index in [0.29, 0.717) is 6.10 Å². The molecule has 1 fully saturated rings. The lowest BCUT2D eigenvalue weighted by Crippen LogP contribution is -2.03. The minimum atomic E-state index is 0.376. The predicted molar refractivity (Wildman–Crippen MR) is 61.9 cm³/mol. The SMILES string of the molecule is COc1ccc(CCCOCC2CO2)cc1. The lowest BCUT2D eigenvalue weighted by atomic mass is 10.1. The van der Waals surface area contributed by atoms with Crippen LogP contribution in [0.3, 0.4) is 0 Å². The van der Waals surface area contributed by atoms with E-state index < -0.39 is 0 Å². The molecule has 2 rings (SSSR count). The number of ether oxygens (including phenoxy) is 3. The Labute approximate surface area is 96.3 Å². The molecule has 0 radical (unpaired) electrons. The van der Waals surface area contributed by atoms with E-state index in [4.69, 9.17) is 14.2 Å². The molecule has 1 aliphatic heterocycles. The third kappa shape index (κ3) is 3.83. The zero-order valence-corrected chi connectivity index (χ0v) is 9.65. The van der Waals surface area contributed by atoms with Crippen molar-refractivity contribution in [2.24, 2.45) is 0 Å². The van der Waals surface area contributed by atoms with E-state index in [-0.39, 0.29) is 0 Å². The van der Waals surface area contributed by atoms with Gasteiger partial charge in [0.2, 0.25) is 0 Å². The minimum Gasteiger partial charge on any atom is -0.497 e. The molecule has 1 saturated heterocycles. The molecule has 0 N–H and O–H groups in total. The Morgan fingerprint density at radius 3 is 2.69 bits per heavy atom. The maximum Gasteiger partial charge on any atom is 0.118 e. The van der Waals surface area contributed by atoms with Crippen LogP contribution in [0.5, 0.6) is 5.75 Å². The number of hydrogen-bond acceptors (Lipinski definition) is 3. The molecular formula is C13H18O3. The average molecular weight is 222 g/mol. The van der Waals surface area contributed by atoms with Crippen molar-refractivity contribution < 1.29 is 14.2 Å². The Kier molecular flexibility index (Phi) is 4.19. The summed E-state index contributed by atoms with van der Waals surface area (Å²) in [6.07, 6.45) is 2.48. The molecule has 3 nitrogen and oxygen atoms in total. The molecule has 1 aliphatic rings. The van der Waals surface area contributed by atoms with Crippen molar-refractivity contribution in [3.63, 3.8) is 0 Å². The van der Waals surface area contributed by atoms with Crippen LogP contribution >= 0.6 is 0 Å². The monoisotopic (exact) mass is 222 g/mol. The molecule has 0 aromatic heterocycles. The van der Waals surface area contributed by atoms with Crippen LogP contribution in [-0.2, 0) is 15.9 Å². The first-order valence-electron chi connectivity index (χ1n) is 5.71. The summed E-state index contributed by atoms with van der Waals surface area (Å²) in [5, 5.41) is 0. The Hall–Kier alpha value is -1.06. The largest absolute Gasteiger partial charge is 0.497 e. The van der Waals surface area contributed by atoms with E-state index >= 15 is 0 Å². The van der Waals surface area contributed by atoms with Gasteiger partial charge in [-0.2, -0.15) is 0 Å². The molecule has 16 heavy (non-hydrogen) atoms. The van der Waals surface area contributed by atoms with Crippen molar-refractivity contribution in [3.8, 4) is 5.75 Å². The van der Waals surface area contributed by atoms with Crippen LogP contribution in [0, 0.1) is 0 Å². The van der Waals surface area contributed by atoms with Gasteiger partial charge in [0, 0.05) is 6.61 Å². The molecule has 88 valence electrons. The smallest absolute Gasteiger partial charge is 0.118 e. The lowest BCUT2D eigenvalue weighted by Gasteiger charge is -2.04. The predicted octanol–water partition coefficient (Wildman–Crippen LogP) is 2.04. The Bertz CT molecular complexity index is 303. The standard InChI is InChI=1S/C13H18O3/c1-14-12-6-4-11(5-7-12)3-2-8-15-9-13-10-16-13/h4-7,13H,2-3,8-10H2,1H3. The molecule has 0 spiro atoms. The molecular weight excluding hydrogens is 204 g/mol. The third-order valence-corrected chi connectivity index (χ3v) is 2.62. The second kappa shape index (κ2) is 5.87. The maximum absolute atomic E-state index is 5.47. The van der Waals surface area contributed by atoms with E-state index in [0.717, 1.165) is 38.4 Å². The number of rotatable bonds is 7. The summed E-state index contributed by atoms with van der Waals surface area (Å²) in [6.45, 7) is 2.44. The summed E-state index contributed by atoms with van der Waals surface area (Å²) in [5.41, 5.74) is 1.33. The Balaban J connectivity index is 1.60. The maximum atomic E-state index is 5.47. The first-order valence-corrected chi connectivity index (χ1v) is 5.71. The first-order chi connectivity index (χ1) is 7.88. The van der Waals surface area contributed by atoms with Crippen LogP contribution < -0.4 is 4.74 Å². The van der Waals surface area contributed by atoms with E-state index in [1.807, 2.05) is 12.1 Å². The summed E-state index contributed by atoms with van der Waals surface area (Å²) >= 11 is 0. The van der Waals surface area contributed by atoms with E-state index in [9.17, 15) is 0 Å². The molecule has 0 bridgehead atoms. The molecule has 0 saturated carbocycles. The van der Waals surface area contributed by atoms with Crippen LogP contribution in [0.4, 0.5) is 0 Å². The van der Waals surface area contributed by atoms with Gasteiger partial charge in [0.15, 0.2) is 0 Å². The number of methoxy groups -OCH3 is 1. The number of epoxide rings is 1. The number of aryl methyl sites for hydroxylation is 1. The van der Waals surface area contributed by atoms with Gasteiger partial charge in [-0.05, 0) is 30.5 Å². The van der Waals surface area contributed by atoms with Crippen LogP contribution in [0.1, 0.15) is 12.0 Å². The second-order valence-corrected chi connectivity index (χ2v) is 3.98. The second-order valence-electron chi connectivity index (χ2n) is 3.98. The zero-order valence-electron chi connectivity index (χ0n) is 9.65. The Morgan fingerprint density at radius 2 is 2.06 bits per heavy atom. The van der Waals surface area contributed by atoms with Crippen molar-refractivity contribution in [2.75, 3.05) is 26.9 Å². The van der Waals surface area contributed by atoms with Gasteiger partial charge in [0.1, 0.15) is 11.9 Å². The van der Waals surface area contributed by atoms with Crippen LogP contribution in [-0.4, -0.2) is 33.0 Å². The molecule has 1 aromatic rings. The third-order valence-electron chi connectivity index (χ3n) is 2.62. The highest BCUT2D eigenvalue weighted by Crippen LogP contribution is 2.13. The fourth-order valence-corrected chi connectivity index (χ4v) is 1.55. The fraction of sp³-hybridized carbons (Fsp3) is 0.538. The van der Waals surface area contributed by atoms with E-state index in [2.05, 4.69) is 12.1 Å². The van der Waals surface area contributed by atoms with Crippen molar-refractivity contribution in [1.82, 2.24) is 0 Å². The quantitative estimate of drug-likeness (QED) is 0.522. The van der Waals surface area contributed by atoms with Gasteiger partial charge < -0.3 is 14.2 Å². The van der Waals surface area contributed by atoms with Crippen LogP contribution in [0.2, 0.25) is 0 Å². The van der Waals surface area contributed by atoms with Gasteiger partial charge in [-0.25, -0.2) is 0 Å². The molecule has 1 unspecified atom stereocenters. The fourth-order valence-electron chi connectivity index (χ4n) is 1.55. The first kappa shape index (κ1) is 11.4. The highest BCUT2D eigenvalue weighted by atomic mass is 16.6. The van der Waals surface area contributed by atoms with Crippen molar-refractivity contribution in [2.45, 2.75) is 18.9 Å². The van der Waals surface area contributed by atoms with Crippen LogP contribution in [0.15, 0.2) is 24.3 Å². The summed E-state index contributed by atoms with van der Waals surface area (Å²) in [6, 6.07) is 8.19. The summed E-state index contributed by atoms with van der Waals surface area (Å²) in [4.78, 5) is 0. The molecule has 0 aliphatic carbocycles. The molecule has 3 heteroatoms. The van der Waals surface area contributed by atoms with Gasteiger partial charge in [0.05, 0.1) is 20.3 Å². The van der Waals surface area contributed by atoms with Crippen molar-refractivity contribution in [3.05, 3.63) is 29.8 Å². The summed E-state index contributed by atoms with van der Waals surface area (Å²) in [7, 11) is 1.68.